The van der Waals surface area contributed by atoms with Crippen molar-refractivity contribution in [3.63, 3.8) is 0 Å². The average molecular weight is 476 g/mol. The summed E-state index contributed by atoms with van der Waals surface area (Å²) in [5.74, 6) is -1.92. The van der Waals surface area contributed by atoms with Crippen LogP contribution in [-0.2, 0) is 14.3 Å². The zero-order valence-electron chi connectivity index (χ0n) is 19.5. The third-order valence-corrected chi connectivity index (χ3v) is 6.22. The van der Waals surface area contributed by atoms with Gasteiger partial charge in [-0.25, -0.2) is 9.48 Å². The van der Waals surface area contributed by atoms with Crippen molar-refractivity contribution in [3.05, 3.63) is 65.5 Å². The van der Waals surface area contributed by atoms with Crippen molar-refractivity contribution in [3.8, 4) is 17.2 Å². The van der Waals surface area contributed by atoms with Crippen molar-refractivity contribution in [2.24, 2.45) is 0 Å². The number of para-hydroxylation sites is 1. The Morgan fingerprint density at radius 2 is 1.74 bits per heavy atom. The van der Waals surface area contributed by atoms with Gasteiger partial charge in [-0.3, -0.25) is 9.59 Å². The van der Waals surface area contributed by atoms with E-state index in [4.69, 9.17) is 14.2 Å². The summed E-state index contributed by atoms with van der Waals surface area (Å²) < 4.78 is 18.6. The molecule has 0 radical (unpaired) electrons. The van der Waals surface area contributed by atoms with E-state index in [-0.39, 0.29) is 5.56 Å². The number of anilines is 1. The standard InChI is InChI=1S/C26H25N3O6/c1-16-23(17(2)29(28-16)19-8-4-3-5-9-19)24(31)25(32)33-15-22(30)27-18-10-11-20-21(14-18)35-26(34-20)12-6-7-13-26/h3-5,8-11,14H,6-7,12-13,15H2,1-2H3,(H,27,30). The number of benzene rings is 2. The maximum absolute atomic E-state index is 12.8. The highest BCUT2D eigenvalue weighted by molar-refractivity contribution is 6.41. The van der Waals surface area contributed by atoms with E-state index < -0.39 is 30.1 Å². The summed E-state index contributed by atoms with van der Waals surface area (Å²) in [5, 5.41) is 7.03. The molecular formula is C26H25N3O6. The second-order valence-electron chi connectivity index (χ2n) is 8.73. The first-order chi connectivity index (χ1) is 16.8. The first-order valence-corrected chi connectivity index (χ1v) is 11.5. The zero-order chi connectivity index (χ0) is 24.6. The molecule has 1 spiro atoms. The van der Waals surface area contributed by atoms with Gasteiger partial charge in [0.05, 0.1) is 22.6 Å². The number of carbonyl (C=O) groups is 3. The highest BCUT2D eigenvalue weighted by Gasteiger charge is 2.44. The molecule has 9 heteroatoms. The number of hydrogen-bond donors (Lipinski definition) is 1. The lowest BCUT2D eigenvalue weighted by atomic mass is 10.1. The molecule has 180 valence electrons. The summed E-state index contributed by atoms with van der Waals surface area (Å²) in [6.07, 6.45) is 3.76. The predicted molar refractivity (Wildman–Crippen MR) is 126 cm³/mol. The number of aryl methyl sites for hydroxylation is 1. The highest BCUT2D eigenvalue weighted by Crippen LogP contribution is 2.47. The molecule has 1 aromatic heterocycles. The number of fused-ring (bicyclic) bond motifs is 1. The Morgan fingerprint density at radius 3 is 2.49 bits per heavy atom. The molecule has 2 aliphatic rings. The molecule has 1 amide bonds. The van der Waals surface area contributed by atoms with E-state index in [0.29, 0.717) is 28.6 Å². The molecule has 0 unspecified atom stereocenters. The summed E-state index contributed by atoms with van der Waals surface area (Å²) in [6, 6.07) is 14.4. The van der Waals surface area contributed by atoms with Gasteiger partial charge in [-0.2, -0.15) is 5.10 Å². The number of nitrogens with zero attached hydrogens (tertiary/aromatic N) is 2. The molecular weight excluding hydrogens is 450 g/mol. The average Bonchev–Trinajstić information content (AvgIpc) is 3.54. The second-order valence-corrected chi connectivity index (χ2v) is 8.73. The van der Waals surface area contributed by atoms with Crippen LogP contribution < -0.4 is 14.8 Å². The molecule has 3 aromatic rings. The van der Waals surface area contributed by atoms with Crippen LogP contribution in [0.5, 0.6) is 11.5 Å². The number of hydrogen-bond acceptors (Lipinski definition) is 7. The van der Waals surface area contributed by atoms with Gasteiger partial charge in [-0.05, 0) is 51.0 Å². The van der Waals surface area contributed by atoms with E-state index in [2.05, 4.69) is 10.4 Å². The van der Waals surface area contributed by atoms with Crippen molar-refractivity contribution in [1.29, 1.82) is 0 Å². The van der Waals surface area contributed by atoms with Crippen LogP contribution in [0.1, 0.15) is 47.4 Å². The maximum atomic E-state index is 12.8. The molecule has 0 bridgehead atoms. The number of esters is 1. The van der Waals surface area contributed by atoms with Crippen LogP contribution in [0.4, 0.5) is 5.69 Å². The third kappa shape index (κ3) is 4.37. The normalized spacial score (nSPS) is 15.3. The van der Waals surface area contributed by atoms with E-state index in [0.717, 1.165) is 31.4 Å². The first kappa shape index (κ1) is 22.6. The first-order valence-electron chi connectivity index (χ1n) is 11.5. The number of ketones is 1. The van der Waals surface area contributed by atoms with Crippen molar-refractivity contribution in [2.45, 2.75) is 45.3 Å². The zero-order valence-corrected chi connectivity index (χ0v) is 19.5. The Hall–Kier alpha value is -4.14. The molecule has 9 nitrogen and oxygen atoms in total. The Labute approximate surface area is 202 Å². The molecule has 0 saturated heterocycles. The summed E-state index contributed by atoms with van der Waals surface area (Å²) in [6.45, 7) is 2.75. The number of ether oxygens (including phenoxy) is 3. The highest BCUT2D eigenvalue weighted by atomic mass is 16.7. The van der Waals surface area contributed by atoms with Gasteiger partial charge in [0.2, 0.25) is 0 Å². The van der Waals surface area contributed by atoms with Crippen LogP contribution in [0.2, 0.25) is 0 Å². The molecule has 1 aliphatic carbocycles. The molecule has 1 fully saturated rings. The van der Waals surface area contributed by atoms with E-state index >= 15 is 0 Å². The van der Waals surface area contributed by atoms with Crippen LogP contribution >= 0.6 is 0 Å². The predicted octanol–water partition coefficient (Wildman–Crippen LogP) is 3.90. The Balaban J connectivity index is 1.20. The lowest BCUT2D eigenvalue weighted by Crippen LogP contribution is -2.34. The van der Waals surface area contributed by atoms with E-state index in [9.17, 15) is 14.4 Å². The number of aromatic nitrogens is 2. The van der Waals surface area contributed by atoms with Gasteiger partial charge >= 0.3 is 5.97 Å². The van der Waals surface area contributed by atoms with Crippen LogP contribution in [0.3, 0.4) is 0 Å². The van der Waals surface area contributed by atoms with Gasteiger partial charge in [-0.15, -0.1) is 0 Å². The lowest BCUT2D eigenvalue weighted by molar-refractivity contribution is -0.142. The SMILES string of the molecule is Cc1nn(-c2ccccc2)c(C)c1C(=O)C(=O)OCC(=O)Nc1ccc2c(c1)OC1(CCCC1)O2. The van der Waals surface area contributed by atoms with Gasteiger partial charge < -0.3 is 19.5 Å². The number of carbonyl (C=O) groups excluding carboxylic acids is 3. The van der Waals surface area contributed by atoms with Crippen LogP contribution in [-0.4, -0.2) is 39.8 Å². The number of nitrogens with one attached hydrogen (secondary N) is 1. The third-order valence-electron chi connectivity index (χ3n) is 6.22. The minimum Gasteiger partial charge on any atom is -0.450 e. The van der Waals surface area contributed by atoms with E-state index in [1.165, 1.54) is 0 Å². The molecule has 5 rings (SSSR count). The second kappa shape index (κ2) is 8.90. The summed E-state index contributed by atoms with van der Waals surface area (Å²) in [5.41, 5.74) is 2.32. The monoisotopic (exact) mass is 475 g/mol. The molecule has 1 saturated carbocycles. The molecule has 2 aromatic carbocycles. The Kier molecular flexibility index (Phi) is 5.76. The van der Waals surface area contributed by atoms with Crippen LogP contribution in [0.25, 0.3) is 5.69 Å². The van der Waals surface area contributed by atoms with Crippen molar-refractivity contribution in [1.82, 2.24) is 9.78 Å². The minimum absolute atomic E-state index is 0.163. The minimum atomic E-state index is -1.12. The van der Waals surface area contributed by atoms with Gasteiger partial charge in [-0.1, -0.05) is 18.2 Å². The summed E-state index contributed by atoms with van der Waals surface area (Å²) in [7, 11) is 0. The lowest BCUT2D eigenvalue weighted by Gasteiger charge is -2.21. The summed E-state index contributed by atoms with van der Waals surface area (Å²) in [4.78, 5) is 37.5. The molecule has 1 N–H and O–H groups in total. The van der Waals surface area contributed by atoms with Crippen molar-refractivity contribution < 1.29 is 28.6 Å². The van der Waals surface area contributed by atoms with Crippen LogP contribution in [0, 0.1) is 13.8 Å². The van der Waals surface area contributed by atoms with Gasteiger partial charge in [0.25, 0.3) is 17.5 Å². The van der Waals surface area contributed by atoms with Crippen molar-refractivity contribution in [2.75, 3.05) is 11.9 Å². The van der Waals surface area contributed by atoms with Crippen molar-refractivity contribution >= 4 is 23.3 Å². The fraction of sp³-hybridized carbons (Fsp3) is 0.308. The summed E-state index contributed by atoms with van der Waals surface area (Å²) >= 11 is 0. The van der Waals surface area contributed by atoms with Gasteiger partial charge in [0.15, 0.2) is 18.1 Å². The molecule has 35 heavy (non-hydrogen) atoms. The fourth-order valence-electron chi connectivity index (χ4n) is 4.58. The largest absolute Gasteiger partial charge is 0.450 e. The van der Waals surface area contributed by atoms with E-state index in [1.807, 2.05) is 30.3 Å². The quantitative estimate of drug-likeness (QED) is 0.327. The number of Topliss-reactive ketones (excluding diaryl/α,β-unsaturated/α-hetero) is 1. The topological polar surface area (TPSA) is 109 Å². The number of rotatable bonds is 6. The smallest absolute Gasteiger partial charge is 0.380 e. The Morgan fingerprint density at radius 1 is 1.03 bits per heavy atom. The fourth-order valence-corrected chi connectivity index (χ4v) is 4.58. The molecule has 2 heterocycles. The maximum Gasteiger partial charge on any atom is 0.380 e. The Bertz CT molecular complexity index is 1310. The molecule has 0 atom stereocenters. The number of amides is 1. The van der Waals surface area contributed by atoms with Crippen LogP contribution in [0.15, 0.2) is 48.5 Å². The molecule has 1 aliphatic heterocycles. The van der Waals surface area contributed by atoms with E-state index in [1.54, 1.807) is 36.7 Å². The van der Waals surface area contributed by atoms with Gasteiger partial charge in [0, 0.05) is 24.6 Å². The van der Waals surface area contributed by atoms with Gasteiger partial charge in [0.1, 0.15) is 0 Å².